The van der Waals surface area contributed by atoms with E-state index in [9.17, 15) is 18.0 Å². The maximum atomic E-state index is 11.9. The molecule has 0 aromatic carbocycles. The molecule has 1 heterocycles. The third-order valence-electron chi connectivity index (χ3n) is 1.73. The maximum Gasteiger partial charge on any atom is 0.471 e. The lowest BCUT2D eigenvalue weighted by Gasteiger charge is -2.09. The number of halogens is 3. The number of aryl methyl sites for hydroxylation is 2. The maximum absolute atomic E-state index is 11.9. The highest BCUT2D eigenvalue weighted by molar-refractivity contribution is 5.95. The molecule has 0 unspecified atom stereocenters. The number of carbonyl (C=O) groups excluding carboxylic acids is 1. The zero-order chi connectivity index (χ0) is 11.6. The lowest BCUT2D eigenvalue weighted by molar-refractivity contribution is -0.167. The van der Waals surface area contributed by atoms with Crippen molar-refractivity contribution in [1.29, 1.82) is 0 Å². The van der Waals surface area contributed by atoms with Crippen LogP contribution in [0.15, 0.2) is 12.1 Å². The van der Waals surface area contributed by atoms with E-state index in [2.05, 4.69) is 4.98 Å². The number of carbonyl (C=O) groups is 1. The number of aromatic nitrogens is 1. The van der Waals surface area contributed by atoms with Crippen molar-refractivity contribution in [2.45, 2.75) is 20.0 Å². The van der Waals surface area contributed by atoms with Gasteiger partial charge >= 0.3 is 12.1 Å². The van der Waals surface area contributed by atoms with Crippen molar-refractivity contribution < 1.29 is 18.0 Å². The van der Waals surface area contributed by atoms with Crippen LogP contribution in [0.25, 0.3) is 0 Å². The first-order valence-electron chi connectivity index (χ1n) is 4.13. The van der Waals surface area contributed by atoms with Gasteiger partial charge in [0.25, 0.3) is 0 Å². The fraction of sp³-hybridized carbons (Fsp3) is 0.333. The summed E-state index contributed by atoms with van der Waals surface area (Å²) in [5.74, 6) is -1.99. The molecule has 1 N–H and O–H groups in total. The third-order valence-corrected chi connectivity index (χ3v) is 1.73. The van der Waals surface area contributed by atoms with Crippen LogP contribution in [0.1, 0.15) is 11.4 Å². The summed E-state index contributed by atoms with van der Waals surface area (Å²) in [5, 5.41) is 1.75. The minimum atomic E-state index is -4.88. The number of anilines is 1. The Morgan fingerprint density at radius 2 is 1.93 bits per heavy atom. The molecular weight excluding hydrogens is 209 g/mol. The molecule has 0 aliphatic rings. The van der Waals surface area contributed by atoms with Gasteiger partial charge in [-0.15, -0.1) is 0 Å². The van der Waals surface area contributed by atoms with Gasteiger partial charge in [-0.2, -0.15) is 13.2 Å². The van der Waals surface area contributed by atoms with Crippen molar-refractivity contribution in [1.82, 2.24) is 4.98 Å². The molecule has 0 fully saturated rings. The second-order valence-corrected chi connectivity index (χ2v) is 3.04. The Kier molecular flexibility index (Phi) is 2.97. The summed E-state index contributed by atoms with van der Waals surface area (Å²) in [6.45, 7) is 3.24. The van der Waals surface area contributed by atoms with Crippen LogP contribution in [-0.2, 0) is 4.79 Å². The number of rotatable bonds is 1. The Hall–Kier alpha value is -1.59. The summed E-state index contributed by atoms with van der Waals surface area (Å²) in [5.41, 5.74) is 1.10. The minimum Gasteiger partial charge on any atom is -0.317 e. The van der Waals surface area contributed by atoms with Crippen molar-refractivity contribution in [3.8, 4) is 0 Å². The summed E-state index contributed by atoms with van der Waals surface area (Å²) in [4.78, 5) is 14.5. The van der Waals surface area contributed by atoms with E-state index < -0.39 is 12.1 Å². The van der Waals surface area contributed by atoms with Gasteiger partial charge in [0.1, 0.15) is 0 Å². The zero-order valence-corrected chi connectivity index (χ0v) is 8.14. The van der Waals surface area contributed by atoms with Crippen molar-refractivity contribution in [2.75, 3.05) is 5.32 Å². The van der Waals surface area contributed by atoms with Gasteiger partial charge in [-0.1, -0.05) is 0 Å². The standard InChI is InChI=1S/C9H9F3N2O/c1-5-3-4-7(6(2)13-5)14-8(15)9(10,11)12/h3-4H,1-2H3,(H,14,15). The highest BCUT2D eigenvalue weighted by Crippen LogP contribution is 2.19. The number of amides is 1. The number of hydrogen-bond donors (Lipinski definition) is 1. The molecule has 0 saturated carbocycles. The predicted octanol–water partition coefficient (Wildman–Crippen LogP) is 2.20. The van der Waals surface area contributed by atoms with Crippen molar-refractivity contribution in [2.24, 2.45) is 0 Å². The normalized spacial score (nSPS) is 11.3. The summed E-state index contributed by atoms with van der Waals surface area (Å²) in [6, 6.07) is 2.92. The highest BCUT2D eigenvalue weighted by Gasteiger charge is 2.38. The lowest BCUT2D eigenvalue weighted by Crippen LogP contribution is -2.30. The number of pyridine rings is 1. The molecule has 0 spiro atoms. The topological polar surface area (TPSA) is 42.0 Å². The Labute approximate surface area is 84.3 Å². The minimum absolute atomic E-state index is 0.0722. The summed E-state index contributed by atoms with van der Waals surface area (Å²) < 4.78 is 35.7. The van der Waals surface area contributed by atoms with Crippen LogP contribution in [0.5, 0.6) is 0 Å². The zero-order valence-electron chi connectivity index (χ0n) is 8.14. The molecule has 0 atom stereocenters. The van der Waals surface area contributed by atoms with Gasteiger partial charge in [0.2, 0.25) is 0 Å². The average Bonchev–Trinajstić information content (AvgIpc) is 2.08. The van der Waals surface area contributed by atoms with Crippen molar-refractivity contribution in [3.05, 3.63) is 23.5 Å². The SMILES string of the molecule is Cc1ccc(NC(=O)C(F)(F)F)c(C)n1. The molecule has 0 saturated heterocycles. The van der Waals surface area contributed by atoms with E-state index in [0.717, 1.165) is 0 Å². The molecular formula is C9H9F3N2O. The van der Waals surface area contributed by atoms with Crippen LogP contribution in [0.2, 0.25) is 0 Å². The number of nitrogens with one attached hydrogen (secondary N) is 1. The number of nitrogens with zero attached hydrogens (tertiary/aromatic N) is 1. The van der Waals surface area contributed by atoms with Crippen molar-refractivity contribution >= 4 is 11.6 Å². The molecule has 82 valence electrons. The van der Waals surface area contributed by atoms with Gasteiger partial charge in [0.15, 0.2) is 0 Å². The fourth-order valence-corrected chi connectivity index (χ4v) is 1.01. The van der Waals surface area contributed by atoms with E-state index in [1.807, 2.05) is 0 Å². The van der Waals surface area contributed by atoms with Crippen LogP contribution in [0, 0.1) is 13.8 Å². The largest absolute Gasteiger partial charge is 0.471 e. The lowest BCUT2D eigenvalue weighted by atomic mass is 10.2. The first kappa shape index (κ1) is 11.5. The molecule has 1 amide bonds. The first-order chi connectivity index (χ1) is 6.80. The molecule has 0 radical (unpaired) electrons. The van der Waals surface area contributed by atoms with Gasteiger partial charge in [0, 0.05) is 5.69 Å². The van der Waals surface area contributed by atoms with E-state index in [-0.39, 0.29) is 5.69 Å². The molecule has 6 heteroatoms. The second-order valence-electron chi connectivity index (χ2n) is 3.04. The molecule has 15 heavy (non-hydrogen) atoms. The summed E-state index contributed by atoms with van der Waals surface area (Å²) >= 11 is 0. The number of alkyl halides is 3. The highest BCUT2D eigenvalue weighted by atomic mass is 19.4. The number of hydrogen-bond acceptors (Lipinski definition) is 2. The van der Waals surface area contributed by atoms with Gasteiger partial charge in [-0.25, -0.2) is 0 Å². The van der Waals surface area contributed by atoms with Crippen LogP contribution in [0.3, 0.4) is 0 Å². The van der Waals surface area contributed by atoms with Crippen LogP contribution in [-0.4, -0.2) is 17.1 Å². The molecule has 0 aliphatic heterocycles. The van der Waals surface area contributed by atoms with Gasteiger partial charge in [-0.05, 0) is 26.0 Å². The molecule has 1 rings (SSSR count). The summed E-state index contributed by atoms with van der Waals surface area (Å²) in [6.07, 6.45) is -4.88. The van der Waals surface area contributed by atoms with E-state index in [1.165, 1.54) is 19.1 Å². The van der Waals surface area contributed by atoms with Gasteiger partial charge in [-0.3, -0.25) is 9.78 Å². The first-order valence-corrected chi connectivity index (χ1v) is 4.13. The van der Waals surface area contributed by atoms with Crippen LogP contribution in [0.4, 0.5) is 18.9 Å². The van der Waals surface area contributed by atoms with Gasteiger partial charge in [0.05, 0.1) is 11.4 Å². The van der Waals surface area contributed by atoms with Gasteiger partial charge < -0.3 is 5.32 Å². The van der Waals surface area contributed by atoms with E-state index in [1.54, 1.807) is 12.2 Å². The molecule has 1 aromatic heterocycles. The Morgan fingerprint density at radius 1 is 1.33 bits per heavy atom. The Morgan fingerprint density at radius 3 is 2.40 bits per heavy atom. The molecule has 0 aliphatic carbocycles. The molecule has 3 nitrogen and oxygen atoms in total. The fourth-order valence-electron chi connectivity index (χ4n) is 1.01. The van der Waals surface area contributed by atoms with Crippen LogP contribution >= 0.6 is 0 Å². The Bertz CT molecular complexity index is 387. The Balaban J connectivity index is 2.87. The van der Waals surface area contributed by atoms with Crippen LogP contribution < -0.4 is 5.32 Å². The molecule has 0 bridgehead atoms. The van der Waals surface area contributed by atoms with E-state index in [4.69, 9.17) is 0 Å². The average molecular weight is 218 g/mol. The third kappa shape index (κ3) is 2.93. The molecule has 1 aromatic rings. The smallest absolute Gasteiger partial charge is 0.317 e. The second kappa shape index (κ2) is 3.88. The summed E-state index contributed by atoms with van der Waals surface area (Å²) in [7, 11) is 0. The predicted molar refractivity (Wildman–Crippen MR) is 48.4 cm³/mol. The van der Waals surface area contributed by atoms with E-state index >= 15 is 0 Å². The van der Waals surface area contributed by atoms with E-state index in [0.29, 0.717) is 11.4 Å². The quantitative estimate of drug-likeness (QED) is 0.785. The van der Waals surface area contributed by atoms with Crippen molar-refractivity contribution in [3.63, 3.8) is 0 Å². The monoisotopic (exact) mass is 218 g/mol.